The van der Waals surface area contributed by atoms with E-state index in [1.54, 1.807) is 72.5 Å². The van der Waals surface area contributed by atoms with Gasteiger partial charge < -0.3 is 9.30 Å². The molecule has 1 aromatic heterocycles. The molecule has 0 saturated carbocycles. The maximum atomic E-state index is 12.9. The highest BCUT2D eigenvalue weighted by Crippen LogP contribution is 2.31. The number of rotatable bonds is 6. The van der Waals surface area contributed by atoms with Gasteiger partial charge in [-0.3, -0.25) is 4.72 Å². The Morgan fingerprint density at radius 2 is 1.67 bits per heavy atom. The number of nitrogens with zero attached hydrogens (tertiary/aromatic N) is 3. The number of nitrogens with one attached hydrogen (secondary N) is 1. The normalized spacial score (nSPS) is 11.3. The molecule has 1 N–H and O–H groups in total. The second kappa shape index (κ2) is 8.17. The standard InChI is InChI=1S/C21H17ClN4O3S/c1-26-14-23-24-21(26)17-6-2-4-8-19(17)25-30(27,28)16-12-10-15(11-13-16)29-20-9-5-3-7-18(20)22/h2-14,25H,1H3. The molecule has 7 nitrogen and oxygen atoms in total. The number of anilines is 1. The van der Waals surface area contributed by atoms with Gasteiger partial charge in [0.2, 0.25) is 0 Å². The van der Waals surface area contributed by atoms with Gasteiger partial charge in [-0.05, 0) is 48.5 Å². The quantitative estimate of drug-likeness (QED) is 0.468. The Hall–Kier alpha value is -3.36. The third-order valence-corrected chi connectivity index (χ3v) is 6.02. The largest absolute Gasteiger partial charge is 0.456 e. The molecule has 0 amide bonds. The Balaban J connectivity index is 1.58. The Bertz CT molecular complexity index is 1290. The molecule has 3 aromatic carbocycles. The monoisotopic (exact) mass is 440 g/mol. The van der Waals surface area contributed by atoms with E-state index in [-0.39, 0.29) is 4.90 Å². The van der Waals surface area contributed by atoms with Crippen molar-refractivity contribution >= 4 is 27.3 Å². The van der Waals surface area contributed by atoms with Crippen molar-refractivity contribution in [2.45, 2.75) is 4.90 Å². The van der Waals surface area contributed by atoms with Crippen molar-refractivity contribution in [1.29, 1.82) is 0 Å². The van der Waals surface area contributed by atoms with Crippen molar-refractivity contribution in [3.05, 3.63) is 84.1 Å². The fourth-order valence-electron chi connectivity index (χ4n) is 2.84. The predicted octanol–water partition coefficient (Wildman–Crippen LogP) is 4.73. The molecule has 0 bridgehead atoms. The highest BCUT2D eigenvalue weighted by Gasteiger charge is 2.18. The van der Waals surface area contributed by atoms with E-state index in [4.69, 9.17) is 16.3 Å². The van der Waals surface area contributed by atoms with Gasteiger partial charge in [0.25, 0.3) is 10.0 Å². The van der Waals surface area contributed by atoms with E-state index in [1.165, 1.54) is 12.1 Å². The van der Waals surface area contributed by atoms with Crippen LogP contribution < -0.4 is 9.46 Å². The molecule has 0 unspecified atom stereocenters. The fraction of sp³-hybridized carbons (Fsp3) is 0.0476. The molecule has 0 atom stereocenters. The van der Waals surface area contributed by atoms with Gasteiger partial charge >= 0.3 is 0 Å². The van der Waals surface area contributed by atoms with Crippen LogP contribution >= 0.6 is 11.6 Å². The second-order valence-corrected chi connectivity index (χ2v) is 8.51. The topological polar surface area (TPSA) is 86.1 Å². The average Bonchev–Trinajstić information content (AvgIpc) is 3.16. The van der Waals surface area contributed by atoms with Gasteiger partial charge in [-0.2, -0.15) is 0 Å². The maximum absolute atomic E-state index is 12.9. The van der Waals surface area contributed by atoms with Crippen LogP contribution in [-0.4, -0.2) is 23.2 Å². The van der Waals surface area contributed by atoms with E-state index >= 15 is 0 Å². The zero-order chi connectivity index (χ0) is 21.1. The van der Waals surface area contributed by atoms with Crippen LogP contribution in [-0.2, 0) is 17.1 Å². The molecule has 9 heteroatoms. The van der Waals surface area contributed by atoms with Gasteiger partial charge in [0.15, 0.2) is 5.82 Å². The summed E-state index contributed by atoms with van der Waals surface area (Å²) in [6.07, 6.45) is 1.55. The van der Waals surface area contributed by atoms with Crippen LogP contribution in [0.5, 0.6) is 11.5 Å². The van der Waals surface area contributed by atoms with Crippen LogP contribution in [0, 0.1) is 0 Å². The van der Waals surface area contributed by atoms with Crippen molar-refractivity contribution in [2.24, 2.45) is 7.05 Å². The van der Waals surface area contributed by atoms with E-state index in [0.717, 1.165) is 0 Å². The minimum Gasteiger partial charge on any atom is -0.456 e. The van der Waals surface area contributed by atoms with E-state index in [0.29, 0.717) is 33.6 Å². The van der Waals surface area contributed by atoms with Crippen molar-refractivity contribution in [2.75, 3.05) is 4.72 Å². The number of aryl methyl sites for hydroxylation is 1. The molecule has 0 aliphatic heterocycles. The number of halogens is 1. The third kappa shape index (κ3) is 4.14. The van der Waals surface area contributed by atoms with E-state index in [1.807, 2.05) is 6.07 Å². The Morgan fingerprint density at radius 3 is 2.37 bits per heavy atom. The molecule has 152 valence electrons. The molecular weight excluding hydrogens is 424 g/mol. The maximum Gasteiger partial charge on any atom is 0.261 e. The van der Waals surface area contributed by atoms with Crippen LogP contribution in [0.15, 0.2) is 84.0 Å². The summed E-state index contributed by atoms with van der Waals surface area (Å²) >= 11 is 6.09. The van der Waals surface area contributed by atoms with Crippen molar-refractivity contribution in [1.82, 2.24) is 14.8 Å². The molecule has 0 aliphatic rings. The number of sulfonamides is 1. The lowest BCUT2D eigenvalue weighted by molar-refractivity contribution is 0.482. The summed E-state index contributed by atoms with van der Waals surface area (Å²) in [4.78, 5) is 0.0989. The van der Waals surface area contributed by atoms with E-state index < -0.39 is 10.0 Å². The van der Waals surface area contributed by atoms with Gasteiger partial charge in [0, 0.05) is 12.6 Å². The number of aromatic nitrogens is 3. The first-order valence-electron chi connectivity index (χ1n) is 8.93. The first-order chi connectivity index (χ1) is 14.4. The second-order valence-electron chi connectivity index (χ2n) is 6.42. The summed E-state index contributed by atoms with van der Waals surface area (Å²) < 4.78 is 35.9. The van der Waals surface area contributed by atoms with Gasteiger partial charge in [-0.15, -0.1) is 10.2 Å². The molecule has 4 rings (SSSR count). The summed E-state index contributed by atoms with van der Waals surface area (Å²) in [5.41, 5.74) is 1.03. The summed E-state index contributed by atoms with van der Waals surface area (Å²) in [5, 5.41) is 8.38. The Kier molecular flexibility index (Phi) is 5.43. The summed E-state index contributed by atoms with van der Waals surface area (Å²) in [6.45, 7) is 0. The third-order valence-electron chi connectivity index (χ3n) is 4.32. The minimum atomic E-state index is -3.83. The molecule has 1 heterocycles. The molecular formula is C21H17ClN4O3S. The van der Waals surface area contributed by atoms with Gasteiger partial charge in [0.05, 0.1) is 15.6 Å². The number of benzene rings is 3. The first kappa shape index (κ1) is 19.9. The van der Waals surface area contributed by atoms with Crippen LogP contribution in [0.4, 0.5) is 5.69 Å². The molecule has 4 aromatic rings. The zero-order valence-corrected chi connectivity index (χ0v) is 17.4. The van der Waals surface area contributed by atoms with E-state index in [2.05, 4.69) is 14.9 Å². The van der Waals surface area contributed by atoms with Gasteiger partial charge in [0.1, 0.15) is 17.8 Å². The summed E-state index contributed by atoms with van der Waals surface area (Å²) in [5.74, 6) is 1.52. The van der Waals surface area contributed by atoms with Crippen LogP contribution in [0.25, 0.3) is 11.4 Å². The number of ether oxygens (including phenoxy) is 1. The molecule has 0 spiro atoms. The SMILES string of the molecule is Cn1cnnc1-c1ccccc1NS(=O)(=O)c1ccc(Oc2ccccc2Cl)cc1. The molecule has 0 radical (unpaired) electrons. The van der Waals surface area contributed by atoms with Crippen molar-refractivity contribution < 1.29 is 13.2 Å². The van der Waals surface area contributed by atoms with Crippen LogP contribution in [0.1, 0.15) is 0 Å². The lowest BCUT2D eigenvalue weighted by Crippen LogP contribution is -2.14. The molecule has 30 heavy (non-hydrogen) atoms. The number of hydrogen-bond donors (Lipinski definition) is 1. The Morgan fingerprint density at radius 1 is 0.967 bits per heavy atom. The van der Waals surface area contributed by atoms with Gasteiger partial charge in [-0.1, -0.05) is 35.9 Å². The van der Waals surface area contributed by atoms with Crippen molar-refractivity contribution in [3.63, 3.8) is 0 Å². The van der Waals surface area contributed by atoms with Crippen LogP contribution in [0.2, 0.25) is 5.02 Å². The lowest BCUT2D eigenvalue weighted by Gasteiger charge is -2.13. The predicted molar refractivity (Wildman–Crippen MR) is 115 cm³/mol. The highest BCUT2D eigenvalue weighted by molar-refractivity contribution is 7.92. The number of hydrogen-bond acceptors (Lipinski definition) is 5. The summed E-state index contributed by atoms with van der Waals surface area (Å²) in [7, 11) is -2.04. The lowest BCUT2D eigenvalue weighted by atomic mass is 10.2. The van der Waals surface area contributed by atoms with Crippen molar-refractivity contribution in [3.8, 4) is 22.9 Å². The Labute approximate surface area is 179 Å². The fourth-order valence-corrected chi connectivity index (χ4v) is 4.09. The zero-order valence-electron chi connectivity index (χ0n) is 15.9. The average molecular weight is 441 g/mol. The number of para-hydroxylation sites is 2. The minimum absolute atomic E-state index is 0.0989. The van der Waals surface area contributed by atoms with Gasteiger partial charge in [-0.25, -0.2) is 8.42 Å². The highest BCUT2D eigenvalue weighted by atomic mass is 35.5. The van der Waals surface area contributed by atoms with E-state index in [9.17, 15) is 8.42 Å². The first-order valence-corrected chi connectivity index (χ1v) is 10.8. The van der Waals surface area contributed by atoms with Crippen LogP contribution in [0.3, 0.4) is 0 Å². The molecule has 0 fully saturated rings. The summed E-state index contributed by atoms with van der Waals surface area (Å²) in [6, 6.07) is 20.2. The molecule has 0 saturated heterocycles. The molecule has 0 aliphatic carbocycles. The smallest absolute Gasteiger partial charge is 0.261 e.